The lowest BCUT2D eigenvalue weighted by Crippen LogP contribution is -2.53. The first-order chi connectivity index (χ1) is 34.0. The smallest absolute Gasteiger partial charge is 0.225 e. The summed E-state index contributed by atoms with van der Waals surface area (Å²) in [6, 6.07) is 11.0. The van der Waals surface area contributed by atoms with Crippen LogP contribution < -0.4 is 14.7 Å². The number of rotatable bonds is 4. The molecular formula is C61H102FN11. The van der Waals surface area contributed by atoms with Gasteiger partial charge in [0.1, 0.15) is 0 Å². The number of halogens is 1. The van der Waals surface area contributed by atoms with E-state index in [1.165, 1.54) is 81.1 Å². The van der Waals surface area contributed by atoms with Gasteiger partial charge >= 0.3 is 0 Å². The Balaban J connectivity index is 0.000000199. The van der Waals surface area contributed by atoms with Crippen molar-refractivity contribution in [3.8, 4) is 0 Å². The van der Waals surface area contributed by atoms with Gasteiger partial charge in [0.2, 0.25) is 11.9 Å². The van der Waals surface area contributed by atoms with E-state index in [1.807, 2.05) is 6.07 Å². The van der Waals surface area contributed by atoms with E-state index in [9.17, 15) is 4.39 Å². The number of nitrogens with zero attached hydrogens (tertiary/aromatic N) is 11. The van der Waals surface area contributed by atoms with Crippen LogP contribution in [0.5, 0.6) is 0 Å². The summed E-state index contributed by atoms with van der Waals surface area (Å²) < 4.78 is 12.7. The molecule has 11 nitrogen and oxygen atoms in total. The van der Waals surface area contributed by atoms with Crippen LogP contribution >= 0.6 is 0 Å². The molecule has 2 aromatic heterocycles. The van der Waals surface area contributed by atoms with Crippen molar-refractivity contribution in [3.05, 3.63) is 102 Å². The van der Waals surface area contributed by atoms with Crippen molar-refractivity contribution in [2.75, 3.05) is 113 Å². The van der Waals surface area contributed by atoms with Crippen LogP contribution in [0, 0.1) is 16.6 Å². The standard InChI is InChI=1S/C15H23N.C12H19FN4.C12H20N4.C12H21N.C10H19N/c1-15(2,3)13-7-9-14(10-8-13)16-11-5-4-6-12-16;1-12(2,3)17-6-4-16(5-7-17)11-14-8-10(13)9-15-11;1-12(2,3)16-9-7-15(8-10-16)11-13-5-4-6-14-11;1-10(2)13-8-6-11(7-9-13)12(3,4)5;1-10(2,3)9-5-7-11(4)8-6-9/h7-10H,4-6,11-12H2,1-3H3;8-9H,4-7H2,1-3H3;4-6H,7-10H2,1-3H3;6H,1,7-9H2,2-5H3;5H,6-8H2,1-4H3. The van der Waals surface area contributed by atoms with Crippen LogP contribution in [0.25, 0.3) is 0 Å². The van der Waals surface area contributed by atoms with Gasteiger partial charge in [-0.05, 0) is 128 Å². The van der Waals surface area contributed by atoms with E-state index in [4.69, 9.17) is 0 Å². The molecule has 0 unspecified atom stereocenters. The number of hydrogen-bond donors (Lipinski definition) is 0. The van der Waals surface area contributed by atoms with Crippen LogP contribution in [-0.2, 0) is 5.41 Å². The van der Waals surface area contributed by atoms with E-state index in [0.717, 1.165) is 77.9 Å². The van der Waals surface area contributed by atoms with Crippen molar-refractivity contribution in [2.45, 2.75) is 159 Å². The van der Waals surface area contributed by atoms with Crippen molar-refractivity contribution in [2.24, 2.45) is 10.8 Å². The predicted molar refractivity (Wildman–Crippen MR) is 310 cm³/mol. The Morgan fingerprint density at radius 3 is 1.32 bits per heavy atom. The summed E-state index contributed by atoms with van der Waals surface area (Å²) in [5.74, 6) is 1.10. The molecule has 0 amide bonds. The van der Waals surface area contributed by atoms with Gasteiger partial charge in [-0.3, -0.25) is 9.80 Å². The lowest BCUT2D eigenvalue weighted by molar-refractivity contribution is 0.128. The van der Waals surface area contributed by atoms with Crippen molar-refractivity contribution in [1.82, 2.24) is 39.5 Å². The molecule has 1 aromatic carbocycles. The molecule has 0 aliphatic carbocycles. The fourth-order valence-electron chi connectivity index (χ4n) is 9.55. The molecule has 12 heteroatoms. The number of likely N-dealkylation sites (N-methyl/N-ethyl adjacent to an activating group) is 1. The predicted octanol–water partition coefficient (Wildman–Crippen LogP) is 12.4. The second-order valence-corrected chi connectivity index (χ2v) is 25.8. The van der Waals surface area contributed by atoms with Gasteiger partial charge in [0, 0.05) is 126 Å². The SMILES string of the molecule is C=C(C)N1CC=C(C(C)(C)C)CC1.CC(C)(C)N1CCN(c2ncc(F)cn2)CC1.CC(C)(C)N1CCN(c2ncccn2)CC1.CC(C)(C)c1ccc(N2CCCCC2)cc1.CN1CC=C(C(C)(C)C)CC1. The molecule has 408 valence electrons. The molecular weight excluding hydrogens is 906 g/mol. The van der Waals surface area contributed by atoms with Crippen molar-refractivity contribution in [3.63, 3.8) is 0 Å². The first-order valence-corrected chi connectivity index (χ1v) is 27.6. The first-order valence-electron chi connectivity index (χ1n) is 27.6. The maximum atomic E-state index is 12.7. The average molecular weight is 1010 g/mol. The summed E-state index contributed by atoms with van der Waals surface area (Å²) >= 11 is 0. The number of anilines is 3. The summed E-state index contributed by atoms with van der Waals surface area (Å²) in [6.07, 6.45) is 17.3. The third-order valence-corrected chi connectivity index (χ3v) is 14.7. The zero-order valence-corrected chi connectivity index (χ0v) is 49.3. The van der Waals surface area contributed by atoms with Crippen LogP contribution in [0.3, 0.4) is 0 Å². The zero-order chi connectivity index (χ0) is 54.2. The average Bonchev–Trinajstić information content (AvgIpc) is 3.34. The molecule has 3 saturated heterocycles. The Morgan fingerprint density at radius 1 is 0.507 bits per heavy atom. The van der Waals surface area contributed by atoms with E-state index in [0.29, 0.717) is 16.8 Å². The minimum atomic E-state index is -0.387. The van der Waals surface area contributed by atoms with E-state index >= 15 is 0 Å². The third-order valence-electron chi connectivity index (χ3n) is 14.7. The fraction of sp³-hybridized carbons (Fsp3) is 0.672. The molecule has 5 aliphatic heterocycles. The van der Waals surface area contributed by atoms with Gasteiger partial charge in [-0.15, -0.1) is 0 Å². The van der Waals surface area contributed by atoms with Crippen molar-refractivity contribution < 1.29 is 4.39 Å². The second kappa shape index (κ2) is 27.4. The molecule has 73 heavy (non-hydrogen) atoms. The Labute approximate surface area is 445 Å². The number of piperidine rings is 1. The van der Waals surface area contributed by atoms with E-state index in [1.54, 1.807) is 23.5 Å². The minimum Gasteiger partial charge on any atom is -0.372 e. The topological polar surface area (TPSA) is 74.2 Å². The molecule has 3 aromatic rings. The molecule has 0 spiro atoms. The van der Waals surface area contributed by atoms with Gasteiger partial charge in [-0.25, -0.2) is 24.3 Å². The zero-order valence-electron chi connectivity index (χ0n) is 49.3. The molecule has 0 bridgehead atoms. The molecule has 3 fully saturated rings. The number of benzene rings is 1. The van der Waals surface area contributed by atoms with E-state index < -0.39 is 0 Å². The normalized spacial score (nSPS) is 18.8. The Hall–Kier alpha value is -4.39. The monoisotopic (exact) mass is 1010 g/mol. The van der Waals surface area contributed by atoms with Crippen LogP contribution in [0.2, 0.25) is 0 Å². The van der Waals surface area contributed by atoms with Gasteiger partial charge in [-0.1, -0.05) is 104 Å². The highest BCUT2D eigenvalue weighted by Gasteiger charge is 2.28. The van der Waals surface area contributed by atoms with E-state index in [-0.39, 0.29) is 22.3 Å². The Kier molecular flexibility index (Phi) is 23.0. The molecule has 0 N–H and O–H groups in total. The summed E-state index contributed by atoms with van der Waals surface area (Å²) in [4.78, 5) is 33.1. The van der Waals surface area contributed by atoms with Crippen LogP contribution in [0.1, 0.15) is 148 Å². The molecule has 0 atom stereocenters. The van der Waals surface area contributed by atoms with Crippen LogP contribution in [-0.4, -0.2) is 149 Å². The third kappa shape index (κ3) is 21.0. The largest absolute Gasteiger partial charge is 0.372 e. The summed E-state index contributed by atoms with van der Waals surface area (Å²) in [6.45, 7) is 55.0. The molecule has 0 radical (unpaired) electrons. The van der Waals surface area contributed by atoms with Crippen LogP contribution in [0.15, 0.2) is 90.7 Å². The van der Waals surface area contributed by atoms with E-state index in [2.05, 4.69) is 215 Å². The van der Waals surface area contributed by atoms with Crippen molar-refractivity contribution in [1.29, 1.82) is 0 Å². The maximum absolute atomic E-state index is 12.7. The van der Waals surface area contributed by atoms with Gasteiger partial charge in [0.05, 0.1) is 12.4 Å². The van der Waals surface area contributed by atoms with Gasteiger partial charge < -0.3 is 24.5 Å². The number of piperazine rings is 2. The molecule has 8 rings (SSSR count). The summed E-state index contributed by atoms with van der Waals surface area (Å²) in [7, 11) is 2.18. The second-order valence-electron chi connectivity index (χ2n) is 25.8. The lowest BCUT2D eigenvalue weighted by atomic mass is 9.83. The van der Waals surface area contributed by atoms with Crippen LogP contribution in [0.4, 0.5) is 22.0 Å². The van der Waals surface area contributed by atoms with Gasteiger partial charge in [0.15, 0.2) is 5.82 Å². The summed E-state index contributed by atoms with van der Waals surface area (Å²) in [5.41, 5.74) is 8.69. The molecule has 5 aliphatic rings. The summed E-state index contributed by atoms with van der Waals surface area (Å²) in [5, 5.41) is 0. The Bertz CT molecular complexity index is 2110. The highest BCUT2D eigenvalue weighted by molar-refractivity contribution is 5.48. The Morgan fingerprint density at radius 2 is 0.945 bits per heavy atom. The van der Waals surface area contributed by atoms with Gasteiger partial charge in [-0.2, -0.15) is 0 Å². The first kappa shape index (κ1) is 61.2. The number of allylic oxidation sites excluding steroid dienone is 1. The highest BCUT2D eigenvalue weighted by Crippen LogP contribution is 2.32. The quantitative estimate of drug-likeness (QED) is 0.235. The number of hydrogen-bond acceptors (Lipinski definition) is 11. The lowest BCUT2D eigenvalue weighted by Gasteiger charge is -2.42. The van der Waals surface area contributed by atoms with Gasteiger partial charge in [0.25, 0.3) is 0 Å². The minimum absolute atomic E-state index is 0.204. The fourth-order valence-corrected chi connectivity index (χ4v) is 9.55. The molecule has 0 saturated carbocycles. The maximum Gasteiger partial charge on any atom is 0.225 e. The number of aromatic nitrogens is 4. The molecule has 7 heterocycles. The van der Waals surface area contributed by atoms with Crippen molar-refractivity contribution >= 4 is 17.6 Å². The highest BCUT2D eigenvalue weighted by atomic mass is 19.1.